The largest absolute Gasteiger partial charge is 0.388 e. The first-order valence-electron chi connectivity index (χ1n) is 6.16. The summed E-state index contributed by atoms with van der Waals surface area (Å²) in [6.07, 6.45) is 1.62. The average molecular weight is 255 g/mol. The molecule has 0 aliphatic heterocycles. The second-order valence-electron chi connectivity index (χ2n) is 4.35. The third kappa shape index (κ3) is 3.55. The molecule has 2 rings (SSSR count). The van der Waals surface area contributed by atoms with Crippen LogP contribution in [-0.4, -0.2) is 17.9 Å². The number of hydrogen-bond donors (Lipinski definition) is 2. The Kier molecular flexibility index (Phi) is 4.13. The molecule has 19 heavy (non-hydrogen) atoms. The molecule has 2 aromatic rings. The first kappa shape index (κ1) is 13.1. The fourth-order valence-corrected chi connectivity index (χ4v) is 1.69. The van der Waals surface area contributed by atoms with Crippen molar-refractivity contribution in [3.8, 4) is 0 Å². The van der Waals surface area contributed by atoms with Gasteiger partial charge in [-0.15, -0.1) is 0 Å². The van der Waals surface area contributed by atoms with Gasteiger partial charge in [-0.1, -0.05) is 29.8 Å². The van der Waals surface area contributed by atoms with Crippen LogP contribution in [0.5, 0.6) is 0 Å². The first-order valence-corrected chi connectivity index (χ1v) is 6.16. The summed E-state index contributed by atoms with van der Waals surface area (Å²) in [7, 11) is 1.81. The number of carbonyl (C=O) groups excluding carboxylic acids is 1. The van der Waals surface area contributed by atoms with E-state index < -0.39 is 0 Å². The van der Waals surface area contributed by atoms with Crippen LogP contribution in [0.2, 0.25) is 0 Å². The zero-order valence-electron chi connectivity index (χ0n) is 11.1. The summed E-state index contributed by atoms with van der Waals surface area (Å²) < 4.78 is 0. The fourth-order valence-electron chi connectivity index (χ4n) is 1.69. The maximum atomic E-state index is 12.0. The van der Waals surface area contributed by atoms with E-state index in [0.717, 1.165) is 11.3 Å². The van der Waals surface area contributed by atoms with Crippen molar-refractivity contribution in [2.24, 2.45) is 0 Å². The molecule has 0 radical (unpaired) electrons. The fraction of sp³-hybridized carbons (Fsp3) is 0.200. The van der Waals surface area contributed by atoms with E-state index in [0.29, 0.717) is 12.2 Å². The van der Waals surface area contributed by atoms with E-state index in [1.54, 1.807) is 12.3 Å². The van der Waals surface area contributed by atoms with Crippen LogP contribution in [-0.2, 0) is 6.54 Å². The number of nitrogens with one attached hydrogen (secondary N) is 2. The van der Waals surface area contributed by atoms with Crippen LogP contribution in [0, 0.1) is 6.92 Å². The van der Waals surface area contributed by atoms with Gasteiger partial charge in [0.2, 0.25) is 0 Å². The van der Waals surface area contributed by atoms with Gasteiger partial charge < -0.3 is 10.6 Å². The molecule has 4 heteroatoms. The lowest BCUT2D eigenvalue weighted by Crippen LogP contribution is -2.23. The highest BCUT2D eigenvalue weighted by atomic mass is 16.1. The third-order valence-corrected chi connectivity index (χ3v) is 2.85. The molecular formula is C15H17N3O. The topological polar surface area (TPSA) is 54.0 Å². The van der Waals surface area contributed by atoms with Gasteiger partial charge >= 0.3 is 0 Å². The predicted octanol–water partition coefficient (Wildman–Crippen LogP) is 2.36. The minimum Gasteiger partial charge on any atom is -0.388 e. The summed E-state index contributed by atoms with van der Waals surface area (Å²) in [4.78, 5) is 16.0. The second kappa shape index (κ2) is 6.00. The van der Waals surface area contributed by atoms with Crippen LogP contribution in [0.25, 0.3) is 0 Å². The van der Waals surface area contributed by atoms with E-state index in [9.17, 15) is 4.79 Å². The van der Waals surface area contributed by atoms with Crippen LogP contribution < -0.4 is 10.6 Å². The smallest absolute Gasteiger partial charge is 0.270 e. The number of anilines is 1. The standard InChI is InChI=1S/C15H17N3O/c1-11-3-5-12(6-4-11)10-18-15(19)14-9-13(16-2)7-8-17-14/h3-9H,10H2,1-2H3,(H,16,17)(H,18,19). The molecule has 1 aromatic heterocycles. The van der Waals surface area contributed by atoms with E-state index in [1.165, 1.54) is 5.56 Å². The number of carbonyl (C=O) groups is 1. The molecule has 98 valence electrons. The number of hydrogen-bond acceptors (Lipinski definition) is 3. The highest BCUT2D eigenvalue weighted by Gasteiger charge is 2.07. The number of amides is 1. The molecule has 1 amide bonds. The molecule has 0 bridgehead atoms. The lowest BCUT2D eigenvalue weighted by atomic mass is 10.1. The molecule has 0 spiro atoms. The number of rotatable bonds is 4. The summed E-state index contributed by atoms with van der Waals surface area (Å²) in [5.41, 5.74) is 3.57. The molecule has 4 nitrogen and oxygen atoms in total. The number of benzene rings is 1. The van der Waals surface area contributed by atoms with Crippen LogP contribution in [0.15, 0.2) is 42.6 Å². The summed E-state index contributed by atoms with van der Waals surface area (Å²) in [6, 6.07) is 11.6. The molecule has 0 fully saturated rings. The van der Waals surface area contributed by atoms with Crippen molar-refractivity contribution < 1.29 is 4.79 Å². The van der Waals surface area contributed by atoms with Gasteiger partial charge in [0.15, 0.2) is 0 Å². The van der Waals surface area contributed by atoms with Gasteiger partial charge in [-0.3, -0.25) is 9.78 Å². The lowest BCUT2D eigenvalue weighted by Gasteiger charge is -2.06. The second-order valence-corrected chi connectivity index (χ2v) is 4.35. The van der Waals surface area contributed by atoms with Crippen molar-refractivity contribution >= 4 is 11.6 Å². The van der Waals surface area contributed by atoms with Gasteiger partial charge in [0.05, 0.1) is 0 Å². The quantitative estimate of drug-likeness (QED) is 0.881. The summed E-state index contributed by atoms with van der Waals surface area (Å²) in [5.74, 6) is -0.169. The molecule has 2 N–H and O–H groups in total. The van der Waals surface area contributed by atoms with Crippen molar-refractivity contribution in [1.82, 2.24) is 10.3 Å². The molecule has 0 saturated carbocycles. The SMILES string of the molecule is CNc1ccnc(C(=O)NCc2ccc(C)cc2)c1. The Morgan fingerprint density at radius 3 is 2.63 bits per heavy atom. The van der Waals surface area contributed by atoms with Crippen molar-refractivity contribution in [2.45, 2.75) is 13.5 Å². The maximum absolute atomic E-state index is 12.0. The van der Waals surface area contributed by atoms with Gasteiger partial charge in [-0.2, -0.15) is 0 Å². The van der Waals surface area contributed by atoms with Crippen molar-refractivity contribution in [3.05, 3.63) is 59.4 Å². The molecule has 0 aliphatic carbocycles. The van der Waals surface area contributed by atoms with Crippen LogP contribution in [0.3, 0.4) is 0 Å². The number of aromatic nitrogens is 1. The van der Waals surface area contributed by atoms with E-state index in [4.69, 9.17) is 0 Å². The highest BCUT2D eigenvalue weighted by molar-refractivity contribution is 5.93. The average Bonchev–Trinajstić information content (AvgIpc) is 2.46. The van der Waals surface area contributed by atoms with Crippen molar-refractivity contribution in [1.29, 1.82) is 0 Å². The molecule has 1 aromatic carbocycles. The van der Waals surface area contributed by atoms with Gasteiger partial charge in [-0.05, 0) is 24.6 Å². The summed E-state index contributed by atoms with van der Waals surface area (Å²) >= 11 is 0. The van der Waals surface area contributed by atoms with E-state index in [1.807, 2.05) is 44.3 Å². The third-order valence-electron chi connectivity index (χ3n) is 2.85. The van der Waals surface area contributed by atoms with E-state index in [2.05, 4.69) is 15.6 Å². The van der Waals surface area contributed by atoms with Gasteiger partial charge in [0, 0.05) is 25.5 Å². The Balaban J connectivity index is 1.99. The Labute approximate surface area is 112 Å². The number of aryl methyl sites for hydroxylation is 1. The molecule has 0 saturated heterocycles. The Morgan fingerprint density at radius 2 is 1.95 bits per heavy atom. The Bertz CT molecular complexity index is 564. The molecule has 0 atom stereocenters. The first-order chi connectivity index (χ1) is 9.19. The van der Waals surface area contributed by atoms with Gasteiger partial charge in [0.25, 0.3) is 5.91 Å². The van der Waals surface area contributed by atoms with Crippen LogP contribution >= 0.6 is 0 Å². The monoisotopic (exact) mass is 255 g/mol. The van der Waals surface area contributed by atoms with Gasteiger partial charge in [-0.25, -0.2) is 0 Å². The minimum absolute atomic E-state index is 0.169. The molecular weight excluding hydrogens is 238 g/mol. The minimum atomic E-state index is -0.169. The van der Waals surface area contributed by atoms with E-state index >= 15 is 0 Å². The highest BCUT2D eigenvalue weighted by Crippen LogP contribution is 2.07. The zero-order chi connectivity index (χ0) is 13.7. The van der Waals surface area contributed by atoms with Crippen molar-refractivity contribution in [3.63, 3.8) is 0 Å². The normalized spacial score (nSPS) is 10.0. The number of nitrogens with zero attached hydrogens (tertiary/aromatic N) is 1. The molecule has 0 aliphatic rings. The van der Waals surface area contributed by atoms with Gasteiger partial charge in [0.1, 0.15) is 5.69 Å². The Morgan fingerprint density at radius 1 is 1.21 bits per heavy atom. The zero-order valence-corrected chi connectivity index (χ0v) is 11.1. The Hall–Kier alpha value is -2.36. The van der Waals surface area contributed by atoms with Crippen LogP contribution in [0.4, 0.5) is 5.69 Å². The molecule has 0 unspecified atom stereocenters. The van der Waals surface area contributed by atoms with Crippen LogP contribution in [0.1, 0.15) is 21.6 Å². The number of pyridine rings is 1. The lowest BCUT2D eigenvalue weighted by molar-refractivity contribution is 0.0946. The van der Waals surface area contributed by atoms with E-state index in [-0.39, 0.29) is 5.91 Å². The summed E-state index contributed by atoms with van der Waals surface area (Å²) in [6.45, 7) is 2.54. The molecule has 1 heterocycles. The maximum Gasteiger partial charge on any atom is 0.270 e. The van der Waals surface area contributed by atoms with Crippen molar-refractivity contribution in [2.75, 3.05) is 12.4 Å². The summed E-state index contributed by atoms with van der Waals surface area (Å²) in [5, 5.41) is 5.84. The predicted molar refractivity (Wildman–Crippen MR) is 76.1 cm³/mol.